The number of hydrogen-bond acceptors (Lipinski definition) is 15. The summed E-state index contributed by atoms with van der Waals surface area (Å²) in [5.41, 5.74) is 4.48. The summed E-state index contributed by atoms with van der Waals surface area (Å²) < 4.78 is 64.2. The van der Waals surface area contributed by atoms with E-state index in [4.69, 9.17) is 29.2 Å². The van der Waals surface area contributed by atoms with E-state index in [9.17, 15) is 33.7 Å². The Kier molecular flexibility index (Phi) is 15.8. The second kappa shape index (κ2) is 23.3. The van der Waals surface area contributed by atoms with Crippen molar-refractivity contribution in [2.45, 2.75) is 96.0 Å². The molecule has 5 aromatic carbocycles. The molecular formula is C61H63F3N10O8. The van der Waals surface area contributed by atoms with Gasteiger partial charge in [0.2, 0.25) is 11.8 Å². The number of anilines is 1. The van der Waals surface area contributed by atoms with E-state index in [0.717, 1.165) is 24.6 Å². The minimum absolute atomic E-state index is 0.0184. The van der Waals surface area contributed by atoms with Crippen molar-refractivity contribution in [1.82, 2.24) is 45.5 Å². The number of ether oxygens (including phenoxy) is 3. The number of aliphatic hydroxyl groups is 2. The van der Waals surface area contributed by atoms with Crippen LogP contribution in [0.1, 0.15) is 69.3 Å². The first-order valence-corrected chi connectivity index (χ1v) is 27.5. The molecule has 6 heterocycles. The van der Waals surface area contributed by atoms with Gasteiger partial charge in [0, 0.05) is 68.1 Å². The largest absolute Gasteiger partial charge is 0.508 e. The first-order valence-electron chi connectivity index (χ1n) is 27.5. The number of amides is 2. The number of aryl methyl sites for hydroxylation is 1. The van der Waals surface area contributed by atoms with Crippen LogP contribution in [0.15, 0.2) is 103 Å². The van der Waals surface area contributed by atoms with E-state index >= 15 is 4.39 Å². The molecule has 2 bridgehead atoms. The smallest absolute Gasteiger partial charge is 0.319 e. The molecule has 3 aliphatic heterocycles. The van der Waals surface area contributed by atoms with Crippen LogP contribution < -0.4 is 25.0 Å². The number of nitrogens with one attached hydrogen (secondary N) is 2. The maximum Gasteiger partial charge on any atom is 0.319 e. The third-order valence-corrected chi connectivity index (χ3v) is 15.8. The molecule has 0 unspecified atom stereocenters. The van der Waals surface area contributed by atoms with Gasteiger partial charge in [-0.05, 0) is 83.0 Å². The normalized spacial score (nSPS) is 18.9. The molecule has 0 spiro atoms. The Morgan fingerprint density at radius 1 is 0.902 bits per heavy atom. The molecule has 7 atom stereocenters. The molecule has 3 aromatic heterocycles. The lowest BCUT2D eigenvalue weighted by atomic mass is 9.94. The second-order valence-electron chi connectivity index (χ2n) is 21.6. The molecule has 426 valence electrons. The molecule has 0 saturated carbocycles. The van der Waals surface area contributed by atoms with Crippen LogP contribution in [0.3, 0.4) is 0 Å². The van der Waals surface area contributed by atoms with Crippen molar-refractivity contribution in [1.29, 1.82) is 0 Å². The van der Waals surface area contributed by atoms with E-state index in [-0.39, 0.29) is 73.1 Å². The summed E-state index contributed by atoms with van der Waals surface area (Å²) in [5.74, 6) is -2.88. The highest BCUT2D eigenvalue weighted by molar-refractivity contribution is 6.04. The van der Waals surface area contributed by atoms with Crippen molar-refractivity contribution in [2.75, 3.05) is 44.9 Å². The summed E-state index contributed by atoms with van der Waals surface area (Å²) in [4.78, 5) is 47.1. The van der Waals surface area contributed by atoms with Crippen molar-refractivity contribution < 1.29 is 52.3 Å². The number of fused-ring (bicyclic) bond motifs is 4. The number of likely N-dealkylation sites (tertiary alicyclic amines) is 1. The SMILES string of the molecule is CCc1c(F)ccc2cc(O)cc(-c3ncc4c(N5C[C@@H]6C[C@H]5CN6)nc(OC[C@H](C)OC)nc4c3OCc3ccc(-c4cn([C@H](C(=O)N5C[C@H](O)C[C@H]5C(=O)N[C@@H](CO)c5ccc(-c6cccc(F)c6F)cc5)C(C)C)nn4)cc3)c12. The van der Waals surface area contributed by atoms with Gasteiger partial charge >= 0.3 is 6.01 Å². The standard InChI is InChI=1S/C61H63F3N10O8/c1-6-43-47(62)19-18-38-20-41(76)22-45(52(38)43)54-57(55-46(25-66-54)58(72-26-39-21-40(72)24-65-39)69-61(68-55)82-30-33(4)80-5)81-31-34-10-12-36(13-11-34)49-28-74(71-70-49)56(32(2)3)60(79)73-27-42(77)23-51(73)59(78)67-50(29-75)37-16-14-35(15-17-37)44-8-7-9-48(63)53(44)64/h7-20,22,25,28,32-33,39-40,42,50-51,56,65,75-77H,6,21,23-24,26-27,29-31H2,1-5H3,(H,67,78)/t33-,39-,40-,42+,50-,51-,56-/m0/s1. The maximum atomic E-state index is 15.7. The molecule has 0 aliphatic carbocycles. The van der Waals surface area contributed by atoms with Gasteiger partial charge in [-0.15, -0.1) is 5.10 Å². The van der Waals surface area contributed by atoms with E-state index in [1.54, 1.807) is 62.0 Å². The zero-order valence-electron chi connectivity index (χ0n) is 45.9. The molecule has 82 heavy (non-hydrogen) atoms. The predicted molar refractivity (Wildman–Crippen MR) is 300 cm³/mol. The van der Waals surface area contributed by atoms with Gasteiger partial charge in [-0.2, -0.15) is 9.97 Å². The van der Waals surface area contributed by atoms with Gasteiger partial charge in [0.25, 0.3) is 0 Å². The summed E-state index contributed by atoms with van der Waals surface area (Å²) in [5, 5.41) is 49.5. The van der Waals surface area contributed by atoms with E-state index in [0.29, 0.717) is 85.7 Å². The van der Waals surface area contributed by atoms with Crippen LogP contribution in [0, 0.1) is 23.4 Å². The molecule has 0 radical (unpaired) electrons. The van der Waals surface area contributed by atoms with Crippen molar-refractivity contribution >= 4 is 39.3 Å². The van der Waals surface area contributed by atoms with Crippen molar-refractivity contribution in [3.05, 3.63) is 138 Å². The van der Waals surface area contributed by atoms with Crippen molar-refractivity contribution in [2.24, 2.45) is 5.92 Å². The van der Waals surface area contributed by atoms with Gasteiger partial charge < -0.3 is 50.0 Å². The number of aliphatic hydroxyl groups excluding tert-OH is 2. The summed E-state index contributed by atoms with van der Waals surface area (Å²) in [6, 6.07) is 21.5. The molecule has 3 fully saturated rings. The number of β-amino-alcohol motifs (C(OH)–C–C–N with tert-alkyl or cyclic N) is 1. The quantitative estimate of drug-likeness (QED) is 0.0518. The molecule has 8 aromatic rings. The monoisotopic (exact) mass is 1120 g/mol. The van der Waals surface area contributed by atoms with Gasteiger partial charge in [0.1, 0.15) is 59.6 Å². The Morgan fingerprint density at radius 3 is 2.39 bits per heavy atom. The number of carbonyl (C=O) groups is 2. The van der Waals surface area contributed by atoms with Crippen LogP contribution >= 0.6 is 0 Å². The number of piperazine rings is 1. The number of nitrogens with zero attached hydrogens (tertiary/aromatic N) is 8. The number of methoxy groups -OCH3 is 1. The fraction of sp³-hybridized carbons (Fsp3) is 0.361. The lowest BCUT2D eigenvalue weighted by Crippen LogP contribution is -2.50. The first-order chi connectivity index (χ1) is 39.6. The molecule has 5 N–H and O–H groups in total. The molecule has 3 aliphatic rings. The minimum Gasteiger partial charge on any atom is -0.508 e. The Hall–Kier alpha value is -8.24. The van der Waals surface area contributed by atoms with Gasteiger partial charge in [0.15, 0.2) is 17.4 Å². The number of carbonyl (C=O) groups excluding carboxylic acids is 2. The third kappa shape index (κ3) is 10.9. The number of pyridine rings is 1. The molecule has 21 heteroatoms. The highest BCUT2D eigenvalue weighted by Gasteiger charge is 2.44. The number of aromatic hydroxyl groups is 1. The summed E-state index contributed by atoms with van der Waals surface area (Å²) >= 11 is 0. The second-order valence-corrected chi connectivity index (χ2v) is 21.6. The van der Waals surface area contributed by atoms with Gasteiger partial charge in [-0.1, -0.05) is 92.7 Å². The molecular weight excluding hydrogens is 1060 g/mol. The fourth-order valence-electron chi connectivity index (χ4n) is 11.5. The minimum atomic E-state index is -1.08. The van der Waals surface area contributed by atoms with E-state index in [2.05, 4.69) is 25.8 Å². The number of benzene rings is 5. The van der Waals surface area contributed by atoms with Crippen LogP contribution in [0.2, 0.25) is 0 Å². The Morgan fingerprint density at radius 2 is 1.68 bits per heavy atom. The van der Waals surface area contributed by atoms with Gasteiger partial charge in [0.05, 0.1) is 36.4 Å². The number of phenols is 1. The lowest BCUT2D eigenvalue weighted by Gasteiger charge is -2.30. The van der Waals surface area contributed by atoms with Crippen LogP contribution in [-0.2, 0) is 27.4 Å². The van der Waals surface area contributed by atoms with Crippen LogP contribution in [0.4, 0.5) is 19.0 Å². The van der Waals surface area contributed by atoms with Crippen molar-refractivity contribution in [3.8, 4) is 51.2 Å². The topological polar surface area (TPSA) is 222 Å². The predicted octanol–water partition coefficient (Wildman–Crippen LogP) is 8.01. The zero-order valence-corrected chi connectivity index (χ0v) is 45.9. The number of phenolic OH excluding ortho intramolecular Hbond substituents is 1. The first kappa shape index (κ1) is 55.7. The highest BCUT2D eigenvalue weighted by atomic mass is 19.2. The van der Waals surface area contributed by atoms with Gasteiger partial charge in [-0.25, -0.2) is 17.9 Å². The van der Waals surface area contributed by atoms with Crippen LogP contribution in [0.25, 0.3) is 55.3 Å². The lowest BCUT2D eigenvalue weighted by molar-refractivity contribution is -0.142. The summed E-state index contributed by atoms with van der Waals surface area (Å²) in [7, 11) is 1.60. The van der Waals surface area contributed by atoms with E-state index < -0.39 is 54.3 Å². The molecule has 2 amide bonds. The number of halogens is 3. The molecule has 3 saturated heterocycles. The van der Waals surface area contributed by atoms with E-state index in [1.165, 1.54) is 27.8 Å². The Bertz CT molecular complexity index is 3680. The third-order valence-electron chi connectivity index (χ3n) is 15.8. The molecule has 18 nitrogen and oxygen atoms in total. The fourth-order valence-corrected chi connectivity index (χ4v) is 11.5. The highest BCUT2D eigenvalue weighted by Crippen LogP contribution is 2.45. The number of aromatic nitrogens is 6. The average Bonchev–Trinajstić information content (AvgIpc) is 4.46. The number of rotatable bonds is 19. The summed E-state index contributed by atoms with van der Waals surface area (Å²) in [6.45, 7) is 8.52. The Balaban J connectivity index is 0.856. The van der Waals surface area contributed by atoms with Crippen LogP contribution in [0.5, 0.6) is 17.5 Å². The zero-order chi connectivity index (χ0) is 57.5. The maximum absolute atomic E-state index is 15.7. The average molecular weight is 1120 g/mol. The van der Waals surface area contributed by atoms with Crippen molar-refractivity contribution in [3.63, 3.8) is 0 Å². The van der Waals surface area contributed by atoms with Crippen LogP contribution in [-0.4, -0.2) is 132 Å². The number of hydrogen-bond donors (Lipinski definition) is 5. The molecule has 11 rings (SSSR count). The van der Waals surface area contributed by atoms with Gasteiger partial charge in [-0.3, -0.25) is 14.6 Å². The van der Waals surface area contributed by atoms with E-state index in [1.807, 2.05) is 52.0 Å². The summed E-state index contributed by atoms with van der Waals surface area (Å²) in [6.07, 6.45) is 3.37. The Labute approximate surface area is 470 Å².